The minimum atomic E-state index is -0.274. The number of ether oxygens (including phenoxy) is 1. The third-order valence-electron chi connectivity index (χ3n) is 2.10. The molecule has 1 rings (SSSR count). The van der Waals surface area contributed by atoms with Crippen LogP contribution in [0.1, 0.15) is 32.6 Å². The Morgan fingerprint density at radius 3 is 2.82 bits per heavy atom. The fourth-order valence-corrected chi connectivity index (χ4v) is 1.50. The van der Waals surface area contributed by atoms with Crippen molar-refractivity contribution in [2.75, 3.05) is 6.61 Å². The van der Waals surface area contributed by atoms with E-state index >= 15 is 0 Å². The van der Waals surface area contributed by atoms with Gasteiger partial charge < -0.3 is 10.5 Å². The van der Waals surface area contributed by atoms with E-state index in [0.717, 1.165) is 25.9 Å². The van der Waals surface area contributed by atoms with Crippen molar-refractivity contribution in [2.45, 2.75) is 38.2 Å². The molecular weight excluding hydrogens is 142 g/mol. The maximum Gasteiger partial charge on any atom is 0.220 e. The van der Waals surface area contributed by atoms with Gasteiger partial charge >= 0.3 is 0 Å². The molecular formula is C8H15NO2. The molecule has 1 unspecified atom stereocenters. The average Bonchev–Trinajstić information content (AvgIpc) is 1.85. The number of primary amides is 1. The van der Waals surface area contributed by atoms with Crippen molar-refractivity contribution in [3.8, 4) is 0 Å². The van der Waals surface area contributed by atoms with Crippen molar-refractivity contribution >= 4 is 5.91 Å². The molecule has 0 aromatic carbocycles. The molecule has 0 saturated carbocycles. The van der Waals surface area contributed by atoms with Crippen LogP contribution in [0.15, 0.2) is 0 Å². The molecule has 64 valence electrons. The molecule has 11 heavy (non-hydrogen) atoms. The number of rotatable bonds is 2. The largest absolute Gasteiger partial charge is 0.375 e. The SMILES string of the molecule is CC1(CC(N)=O)CCCCO1. The van der Waals surface area contributed by atoms with E-state index in [2.05, 4.69) is 0 Å². The third kappa shape index (κ3) is 2.50. The molecule has 3 nitrogen and oxygen atoms in total. The molecule has 1 aliphatic rings. The Bertz CT molecular complexity index is 150. The first kappa shape index (κ1) is 8.53. The number of hydrogen-bond donors (Lipinski definition) is 1. The molecule has 1 saturated heterocycles. The number of nitrogens with two attached hydrogens (primary N) is 1. The summed E-state index contributed by atoms with van der Waals surface area (Å²) in [6.07, 6.45) is 3.56. The monoisotopic (exact) mass is 157 g/mol. The first-order chi connectivity index (χ1) is 5.12. The van der Waals surface area contributed by atoms with E-state index in [-0.39, 0.29) is 11.5 Å². The molecule has 1 amide bonds. The van der Waals surface area contributed by atoms with Gasteiger partial charge in [-0.2, -0.15) is 0 Å². The highest BCUT2D eigenvalue weighted by molar-refractivity contribution is 5.74. The summed E-state index contributed by atoms with van der Waals surface area (Å²) in [4.78, 5) is 10.6. The molecule has 0 aliphatic carbocycles. The zero-order valence-electron chi connectivity index (χ0n) is 6.93. The van der Waals surface area contributed by atoms with E-state index in [1.54, 1.807) is 0 Å². The van der Waals surface area contributed by atoms with Gasteiger partial charge in [-0.25, -0.2) is 0 Å². The Hall–Kier alpha value is -0.570. The Morgan fingerprint density at radius 2 is 2.36 bits per heavy atom. The van der Waals surface area contributed by atoms with Crippen molar-refractivity contribution in [3.05, 3.63) is 0 Å². The predicted molar refractivity (Wildman–Crippen MR) is 42.0 cm³/mol. The second-order valence-corrected chi connectivity index (χ2v) is 3.40. The average molecular weight is 157 g/mol. The van der Waals surface area contributed by atoms with E-state index in [9.17, 15) is 4.79 Å². The van der Waals surface area contributed by atoms with Gasteiger partial charge in [0.1, 0.15) is 0 Å². The van der Waals surface area contributed by atoms with Crippen LogP contribution in [0.4, 0.5) is 0 Å². The fourth-order valence-electron chi connectivity index (χ4n) is 1.50. The first-order valence-corrected chi connectivity index (χ1v) is 4.05. The van der Waals surface area contributed by atoms with Gasteiger partial charge in [-0.3, -0.25) is 4.79 Å². The van der Waals surface area contributed by atoms with E-state index in [4.69, 9.17) is 10.5 Å². The summed E-state index contributed by atoms with van der Waals surface area (Å²) < 4.78 is 5.48. The Balaban J connectivity index is 2.43. The third-order valence-corrected chi connectivity index (χ3v) is 2.10. The second kappa shape index (κ2) is 3.22. The van der Waals surface area contributed by atoms with Crippen LogP contribution >= 0.6 is 0 Å². The topological polar surface area (TPSA) is 52.3 Å². The highest BCUT2D eigenvalue weighted by Crippen LogP contribution is 2.26. The van der Waals surface area contributed by atoms with Gasteiger partial charge in [0.15, 0.2) is 0 Å². The van der Waals surface area contributed by atoms with Crippen LogP contribution in [0.2, 0.25) is 0 Å². The molecule has 1 fully saturated rings. The summed E-state index contributed by atoms with van der Waals surface area (Å²) >= 11 is 0. The normalized spacial score (nSPS) is 31.7. The van der Waals surface area contributed by atoms with Crippen molar-refractivity contribution in [1.29, 1.82) is 0 Å². The molecule has 0 bridgehead atoms. The Kier molecular flexibility index (Phi) is 2.49. The molecule has 0 aromatic rings. The van der Waals surface area contributed by atoms with Gasteiger partial charge in [-0.15, -0.1) is 0 Å². The van der Waals surface area contributed by atoms with Crippen LogP contribution < -0.4 is 5.73 Å². The molecule has 3 heteroatoms. The second-order valence-electron chi connectivity index (χ2n) is 3.40. The van der Waals surface area contributed by atoms with Gasteiger partial charge in [-0.1, -0.05) is 0 Å². The number of amides is 1. The van der Waals surface area contributed by atoms with Crippen LogP contribution in [0.3, 0.4) is 0 Å². The van der Waals surface area contributed by atoms with E-state index in [0.29, 0.717) is 6.42 Å². The van der Waals surface area contributed by atoms with E-state index in [1.165, 1.54) is 0 Å². The summed E-state index contributed by atoms with van der Waals surface area (Å²) in [7, 11) is 0. The highest BCUT2D eigenvalue weighted by atomic mass is 16.5. The lowest BCUT2D eigenvalue weighted by Gasteiger charge is -2.32. The lowest BCUT2D eigenvalue weighted by atomic mass is 9.92. The lowest BCUT2D eigenvalue weighted by Crippen LogP contribution is -2.37. The molecule has 0 radical (unpaired) electrons. The summed E-state index contributed by atoms with van der Waals surface area (Å²) in [6, 6.07) is 0. The van der Waals surface area contributed by atoms with Crippen LogP contribution in [0.25, 0.3) is 0 Å². The summed E-state index contributed by atoms with van der Waals surface area (Å²) in [5.41, 5.74) is 4.82. The number of carbonyl (C=O) groups excluding carboxylic acids is 1. The Morgan fingerprint density at radius 1 is 1.64 bits per heavy atom. The smallest absolute Gasteiger partial charge is 0.220 e. The van der Waals surface area contributed by atoms with Gasteiger partial charge in [-0.05, 0) is 26.2 Å². The zero-order valence-corrected chi connectivity index (χ0v) is 6.93. The quantitative estimate of drug-likeness (QED) is 0.645. The highest BCUT2D eigenvalue weighted by Gasteiger charge is 2.29. The Labute approximate surface area is 66.9 Å². The van der Waals surface area contributed by atoms with Crippen molar-refractivity contribution in [1.82, 2.24) is 0 Å². The standard InChI is InChI=1S/C8H15NO2/c1-8(6-7(9)10)4-2-3-5-11-8/h2-6H2,1H3,(H2,9,10). The fraction of sp³-hybridized carbons (Fsp3) is 0.875. The van der Waals surface area contributed by atoms with Crippen molar-refractivity contribution in [2.24, 2.45) is 5.73 Å². The lowest BCUT2D eigenvalue weighted by molar-refractivity contribution is -0.128. The van der Waals surface area contributed by atoms with Crippen LogP contribution in [-0.2, 0) is 9.53 Å². The maximum atomic E-state index is 10.6. The summed E-state index contributed by atoms with van der Waals surface area (Å²) in [6.45, 7) is 2.72. The van der Waals surface area contributed by atoms with Gasteiger partial charge in [0.05, 0.1) is 12.0 Å². The van der Waals surface area contributed by atoms with Gasteiger partial charge in [0, 0.05) is 6.61 Å². The molecule has 1 aliphatic heterocycles. The minimum Gasteiger partial charge on any atom is -0.375 e. The first-order valence-electron chi connectivity index (χ1n) is 4.05. The van der Waals surface area contributed by atoms with Gasteiger partial charge in [0.25, 0.3) is 0 Å². The van der Waals surface area contributed by atoms with Crippen LogP contribution in [-0.4, -0.2) is 18.1 Å². The molecule has 2 N–H and O–H groups in total. The molecule has 1 atom stereocenters. The maximum absolute atomic E-state index is 10.6. The molecule has 0 aromatic heterocycles. The molecule has 0 spiro atoms. The van der Waals surface area contributed by atoms with E-state index in [1.807, 2.05) is 6.92 Å². The van der Waals surface area contributed by atoms with Crippen LogP contribution in [0, 0.1) is 0 Å². The minimum absolute atomic E-state index is 0.269. The summed E-state index contributed by atoms with van der Waals surface area (Å²) in [5, 5.41) is 0. The van der Waals surface area contributed by atoms with Crippen LogP contribution in [0.5, 0.6) is 0 Å². The summed E-state index contributed by atoms with van der Waals surface area (Å²) in [5.74, 6) is -0.269. The zero-order chi connectivity index (χ0) is 8.32. The number of hydrogen-bond acceptors (Lipinski definition) is 2. The molecule has 1 heterocycles. The van der Waals surface area contributed by atoms with Crippen molar-refractivity contribution in [3.63, 3.8) is 0 Å². The van der Waals surface area contributed by atoms with E-state index < -0.39 is 0 Å². The van der Waals surface area contributed by atoms with Gasteiger partial charge in [0.2, 0.25) is 5.91 Å². The van der Waals surface area contributed by atoms with Crippen molar-refractivity contribution < 1.29 is 9.53 Å². The predicted octanol–water partition coefficient (Wildman–Crippen LogP) is 0.821. The number of carbonyl (C=O) groups is 1.